The van der Waals surface area contributed by atoms with Gasteiger partial charge in [-0.15, -0.1) is 0 Å². The van der Waals surface area contributed by atoms with Gasteiger partial charge >= 0.3 is 0 Å². The highest BCUT2D eigenvalue weighted by atomic mass is 15.0. The summed E-state index contributed by atoms with van der Waals surface area (Å²) in [7, 11) is 0. The summed E-state index contributed by atoms with van der Waals surface area (Å²) in [6, 6.07) is 20.8. The molecule has 1 N–H and O–H groups in total. The quantitative estimate of drug-likeness (QED) is 0.361. The Morgan fingerprint density at radius 2 is 1.64 bits per heavy atom. The van der Waals surface area contributed by atoms with Crippen molar-refractivity contribution < 1.29 is 0 Å². The molecule has 5 rings (SSSR count). The second kappa shape index (κ2) is 9.12. The van der Waals surface area contributed by atoms with Crippen molar-refractivity contribution in [1.82, 2.24) is 24.9 Å². The number of benzene rings is 2. The number of nitrogens with one attached hydrogen (secondary N) is 1. The summed E-state index contributed by atoms with van der Waals surface area (Å²) in [6.07, 6.45) is 6.75. The molecule has 0 radical (unpaired) electrons. The number of hydrogen-bond donors (Lipinski definition) is 1. The fourth-order valence-electron chi connectivity index (χ4n) is 3.82. The molecule has 0 atom stereocenters. The maximum absolute atomic E-state index is 4.89. The van der Waals surface area contributed by atoms with Crippen molar-refractivity contribution in [2.75, 3.05) is 5.32 Å². The fourth-order valence-corrected chi connectivity index (χ4v) is 3.82. The highest BCUT2D eigenvalue weighted by molar-refractivity contribution is 6.02. The molecule has 0 fully saturated rings. The first kappa shape index (κ1) is 20.7. The zero-order valence-corrected chi connectivity index (χ0v) is 18.6. The van der Waals surface area contributed by atoms with E-state index in [9.17, 15) is 0 Å². The van der Waals surface area contributed by atoms with E-state index in [1.165, 1.54) is 11.9 Å². The molecule has 3 heterocycles. The minimum absolute atomic E-state index is 0.487. The van der Waals surface area contributed by atoms with Crippen LogP contribution in [0.4, 0.5) is 5.82 Å². The van der Waals surface area contributed by atoms with Crippen LogP contribution in [0.15, 0.2) is 85.6 Å². The Labute approximate surface area is 192 Å². The maximum atomic E-state index is 4.89. The average Bonchev–Trinajstić information content (AvgIpc) is 2.88. The Morgan fingerprint density at radius 3 is 2.36 bits per heavy atom. The highest BCUT2D eigenvalue weighted by Gasteiger charge is 2.15. The van der Waals surface area contributed by atoms with E-state index in [1.807, 2.05) is 30.3 Å². The number of pyridine rings is 1. The van der Waals surface area contributed by atoms with Gasteiger partial charge in [-0.3, -0.25) is 4.98 Å². The molecule has 0 spiro atoms. The number of aromatic nitrogens is 5. The van der Waals surface area contributed by atoms with Gasteiger partial charge < -0.3 is 5.32 Å². The summed E-state index contributed by atoms with van der Waals surface area (Å²) < 4.78 is 0. The predicted molar refractivity (Wildman–Crippen MR) is 132 cm³/mol. The first-order valence-corrected chi connectivity index (χ1v) is 11.0. The fraction of sp³-hybridized carbons (Fsp3) is 0.148. The summed E-state index contributed by atoms with van der Waals surface area (Å²) in [5.74, 6) is 1.83. The van der Waals surface area contributed by atoms with Crippen molar-refractivity contribution >= 4 is 16.7 Å². The molecule has 3 aromatic heterocycles. The van der Waals surface area contributed by atoms with Crippen LogP contribution in [-0.4, -0.2) is 24.9 Å². The molecule has 6 nitrogen and oxygen atoms in total. The molecule has 0 saturated carbocycles. The van der Waals surface area contributed by atoms with Crippen molar-refractivity contribution in [2.24, 2.45) is 0 Å². The summed E-state index contributed by atoms with van der Waals surface area (Å²) >= 11 is 0. The number of nitrogens with zero attached hydrogens (tertiary/aromatic N) is 5. The number of anilines is 1. The van der Waals surface area contributed by atoms with E-state index in [4.69, 9.17) is 9.97 Å². The smallest absolute Gasteiger partial charge is 0.165 e. The minimum atomic E-state index is 0.487. The van der Waals surface area contributed by atoms with Gasteiger partial charge in [-0.2, -0.15) is 0 Å². The van der Waals surface area contributed by atoms with E-state index < -0.39 is 0 Å². The molecule has 0 aliphatic carbocycles. The van der Waals surface area contributed by atoms with Crippen LogP contribution < -0.4 is 5.32 Å². The number of fused-ring (bicyclic) bond motifs is 1. The lowest BCUT2D eigenvalue weighted by Gasteiger charge is -2.15. The SMILES string of the molecule is CC(C)c1ccc(-c2cccc3nc(-c4cncnc4)nc(NCc4ccccn4)c23)cc1. The van der Waals surface area contributed by atoms with Gasteiger partial charge in [-0.05, 0) is 40.8 Å². The zero-order valence-electron chi connectivity index (χ0n) is 18.6. The summed E-state index contributed by atoms with van der Waals surface area (Å²) in [5, 5.41) is 4.48. The predicted octanol–water partition coefficient (Wildman–Crippen LogP) is 5.88. The Balaban J connectivity index is 1.65. The van der Waals surface area contributed by atoms with Gasteiger partial charge in [0.2, 0.25) is 0 Å². The monoisotopic (exact) mass is 432 g/mol. The van der Waals surface area contributed by atoms with Crippen molar-refractivity contribution in [1.29, 1.82) is 0 Å². The Kier molecular flexibility index (Phi) is 5.72. The molecule has 33 heavy (non-hydrogen) atoms. The van der Waals surface area contributed by atoms with Crippen LogP contribution >= 0.6 is 0 Å². The average molecular weight is 433 g/mol. The minimum Gasteiger partial charge on any atom is -0.364 e. The zero-order chi connectivity index (χ0) is 22.6. The van der Waals surface area contributed by atoms with Crippen LogP contribution in [0, 0.1) is 0 Å². The normalized spacial score (nSPS) is 11.1. The molecule has 2 aromatic carbocycles. The van der Waals surface area contributed by atoms with E-state index in [0.717, 1.165) is 39.1 Å². The third-order valence-corrected chi connectivity index (χ3v) is 5.59. The van der Waals surface area contributed by atoms with Crippen LogP contribution in [0.3, 0.4) is 0 Å². The second-order valence-electron chi connectivity index (χ2n) is 8.17. The lowest BCUT2D eigenvalue weighted by Crippen LogP contribution is -2.06. The largest absolute Gasteiger partial charge is 0.364 e. The standard InChI is InChI=1S/C27H24N6/c1-18(2)19-9-11-20(12-10-19)23-7-5-8-24-25(23)27(31-16-22-6-3-4-13-30-22)33-26(32-24)21-14-28-17-29-15-21/h3-15,17-18H,16H2,1-2H3,(H,31,32,33). The second-order valence-corrected chi connectivity index (χ2v) is 8.17. The van der Waals surface area contributed by atoms with E-state index >= 15 is 0 Å². The number of rotatable bonds is 6. The third-order valence-electron chi connectivity index (χ3n) is 5.59. The molecule has 0 aliphatic heterocycles. The van der Waals surface area contributed by atoms with Crippen LogP contribution in [0.1, 0.15) is 31.0 Å². The van der Waals surface area contributed by atoms with Crippen molar-refractivity contribution in [2.45, 2.75) is 26.3 Å². The molecule has 5 aromatic rings. The van der Waals surface area contributed by atoms with Gasteiger partial charge in [-0.25, -0.2) is 19.9 Å². The van der Waals surface area contributed by atoms with Gasteiger partial charge in [0, 0.05) is 18.6 Å². The van der Waals surface area contributed by atoms with Crippen LogP contribution in [-0.2, 0) is 6.54 Å². The third kappa shape index (κ3) is 4.41. The summed E-state index contributed by atoms with van der Waals surface area (Å²) in [6.45, 7) is 4.96. The Bertz CT molecular complexity index is 1370. The first-order chi connectivity index (χ1) is 16.2. The highest BCUT2D eigenvalue weighted by Crippen LogP contribution is 2.34. The first-order valence-electron chi connectivity index (χ1n) is 11.0. The van der Waals surface area contributed by atoms with E-state index in [0.29, 0.717) is 18.3 Å². The lowest BCUT2D eigenvalue weighted by molar-refractivity contribution is 0.867. The Hall–Kier alpha value is -4.19. The van der Waals surface area contributed by atoms with Gasteiger partial charge in [-0.1, -0.05) is 56.3 Å². The molecular weight excluding hydrogens is 408 g/mol. The molecule has 0 saturated heterocycles. The van der Waals surface area contributed by atoms with Gasteiger partial charge in [0.1, 0.15) is 12.1 Å². The van der Waals surface area contributed by atoms with Crippen LogP contribution in [0.25, 0.3) is 33.4 Å². The molecule has 0 bridgehead atoms. The van der Waals surface area contributed by atoms with E-state index in [-0.39, 0.29) is 0 Å². The Morgan fingerprint density at radius 1 is 0.818 bits per heavy atom. The number of hydrogen-bond acceptors (Lipinski definition) is 6. The molecule has 0 aliphatic rings. The van der Waals surface area contributed by atoms with E-state index in [1.54, 1.807) is 18.6 Å². The maximum Gasteiger partial charge on any atom is 0.165 e. The molecular formula is C27H24N6. The van der Waals surface area contributed by atoms with Gasteiger partial charge in [0.25, 0.3) is 0 Å². The van der Waals surface area contributed by atoms with Gasteiger partial charge in [0.15, 0.2) is 5.82 Å². The summed E-state index contributed by atoms with van der Waals surface area (Å²) in [4.78, 5) is 22.4. The van der Waals surface area contributed by atoms with Crippen LogP contribution in [0.2, 0.25) is 0 Å². The van der Waals surface area contributed by atoms with Crippen molar-refractivity contribution in [3.8, 4) is 22.5 Å². The van der Waals surface area contributed by atoms with Crippen molar-refractivity contribution in [3.63, 3.8) is 0 Å². The van der Waals surface area contributed by atoms with Crippen LogP contribution in [0.5, 0.6) is 0 Å². The molecule has 6 heteroatoms. The molecule has 162 valence electrons. The topological polar surface area (TPSA) is 76.5 Å². The summed E-state index contributed by atoms with van der Waals surface area (Å²) in [5.41, 5.74) is 6.10. The van der Waals surface area contributed by atoms with Gasteiger partial charge in [0.05, 0.1) is 28.7 Å². The lowest BCUT2D eigenvalue weighted by atomic mass is 9.96. The van der Waals surface area contributed by atoms with E-state index in [2.05, 4.69) is 64.4 Å². The molecule has 0 unspecified atom stereocenters. The van der Waals surface area contributed by atoms with Crippen molar-refractivity contribution in [3.05, 3.63) is 96.8 Å². The molecule has 0 amide bonds.